The highest BCUT2D eigenvalue weighted by Crippen LogP contribution is 2.25. The summed E-state index contributed by atoms with van der Waals surface area (Å²) in [5, 5.41) is 6.67. The lowest BCUT2D eigenvalue weighted by atomic mass is 9.91. The SMILES string of the molecule is COc1cc(OC)cc(C(=O)N[C@H]2CC[C@@H](Nc3cc(N(C)C)nc(C)n3)CC2)c1. The second-order valence-corrected chi connectivity index (χ2v) is 7.82. The van der Waals surface area contributed by atoms with Gasteiger partial charge in [-0.05, 0) is 44.7 Å². The quantitative estimate of drug-likeness (QED) is 0.721. The summed E-state index contributed by atoms with van der Waals surface area (Å²) in [5.74, 6) is 3.58. The molecular formula is C22H31N5O3. The number of carbonyl (C=O) groups is 1. The van der Waals surface area contributed by atoms with Crippen molar-refractivity contribution in [1.82, 2.24) is 15.3 Å². The predicted octanol–water partition coefficient (Wildman–Crippen LogP) is 3.02. The van der Waals surface area contributed by atoms with Gasteiger partial charge in [0.2, 0.25) is 0 Å². The van der Waals surface area contributed by atoms with Crippen LogP contribution in [0, 0.1) is 6.92 Å². The molecule has 1 heterocycles. The van der Waals surface area contributed by atoms with Crippen molar-refractivity contribution in [2.45, 2.75) is 44.7 Å². The minimum Gasteiger partial charge on any atom is -0.497 e. The molecule has 3 rings (SSSR count). The lowest BCUT2D eigenvalue weighted by Gasteiger charge is -2.30. The highest BCUT2D eigenvalue weighted by molar-refractivity contribution is 5.95. The molecule has 30 heavy (non-hydrogen) atoms. The molecule has 1 aromatic heterocycles. The highest BCUT2D eigenvalue weighted by Gasteiger charge is 2.23. The van der Waals surface area contributed by atoms with E-state index in [2.05, 4.69) is 20.6 Å². The normalized spacial score (nSPS) is 18.4. The molecular weight excluding hydrogens is 382 g/mol. The number of nitrogens with zero attached hydrogens (tertiary/aromatic N) is 3. The number of nitrogens with one attached hydrogen (secondary N) is 2. The average Bonchev–Trinajstić information content (AvgIpc) is 2.74. The number of rotatable bonds is 7. The first-order chi connectivity index (χ1) is 14.4. The minimum absolute atomic E-state index is 0.106. The van der Waals surface area contributed by atoms with Crippen molar-refractivity contribution in [3.8, 4) is 11.5 Å². The molecule has 1 fully saturated rings. The molecule has 0 atom stereocenters. The van der Waals surface area contributed by atoms with Gasteiger partial charge < -0.3 is 25.0 Å². The molecule has 8 heteroatoms. The highest BCUT2D eigenvalue weighted by atomic mass is 16.5. The van der Waals surface area contributed by atoms with Gasteiger partial charge in [-0.25, -0.2) is 9.97 Å². The van der Waals surface area contributed by atoms with Gasteiger partial charge >= 0.3 is 0 Å². The third kappa shape index (κ3) is 5.52. The topological polar surface area (TPSA) is 88.6 Å². The van der Waals surface area contributed by atoms with Crippen LogP contribution in [0.25, 0.3) is 0 Å². The Bertz CT molecular complexity index is 857. The van der Waals surface area contributed by atoms with Crippen LogP contribution >= 0.6 is 0 Å². The van der Waals surface area contributed by atoms with Crippen LogP contribution in [0.5, 0.6) is 11.5 Å². The Morgan fingerprint density at radius 3 is 2.13 bits per heavy atom. The number of hydrogen-bond donors (Lipinski definition) is 2. The van der Waals surface area contributed by atoms with Crippen LogP contribution in [0.3, 0.4) is 0 Å². The van der Waals surface area contributed by atoms with Gasteiger partial charge in [-0.2, -0.15) is 0 Å². The van der Waals surface area contributed by atoms with E-state index < -0.39 is 0 Å². The van der Waals surface area contributed by atoms with E-state index >= 15 is 0 Å². The summed E-state index contributed by atoms with van der Waals surface area (Å²) in [6.45, 7) is 1.90. The first kappa shape index (κ1) is 21.7. The van der Waals surface area contributed by atoms with E-state index in [-0.39, 0.29) is 11.9 Å². The Kier molecular flexibility index (Phi) is 6.97. The Morgan fingerprint density at radius 2 is 1.57 bits per heavy atom. The molecule has 0 bridgehead atoms. The predicted molar refractivity (Wildman–Crippen MR) is 118 cm³/mol. The zero-order valence-electron chi connectivity index (χ0n) is 18.4. The molecule has 1 amide bonds. The van der Waals surface area contributed by atoms with Gasteiger partial charge in [0.15, 0.2) is 0 Å². The number of anilines is 2. The van der Waals surface area contributed by atoms with Crippen LogP contribution in [0.4, 0.5) is 11.6 Å². The fourth-order valence-corrected chi connectivity index (χ4v) is 3.65. The number of hydrogen-bond acceptors (Lipinski definition) is 7. The number of carbonyl (C=O) groups excluding carboxylic acids is 1. The summed E-state index contributed by atoms with van der Waals surface area (Å²) in [6, 6.07) is 7.66. The van der Waals surface area contributed by atoms with Crippen molar-refractivity contribution in [2.75, 3.05) is 38.5 Å². The second-order valence-electron chi connectivity index (χ2n) is 7.82. The Labute approximate surface area is 178 Å². The lowest BCUT2D eigenvalue weighted by molar-refractivity contribution is 0.0926. The maximum Gasteiger partial charge on any atom is 0.251 e. The molecule has 162 valence electrons. The van der Waals surface area contributed by atoms with Gasteiger partial charge in [-0.15, -0.1) is 0 Å². The van der Waals surface area contributed by atoms with Crippen molar-refractivity contribution >= 4 is 17.5 Å². The van der Waals surface area contributed by atoms with Gasteiger partial charge in [0.05, 0.1) is 14.2 Å². The molecule has 1 aromatic carbocycles. The third-order valence-electron chi connectivity index (χ3n) is 5.31. The molecule has 0 saturated heterocycles. The van der Waals surface area contributed by atoms with E-state index in [4.69, 9.17) is 9.47 Å². The number of aromatic nitrogens is 2. The summed E-state index contributed by atoms with van der Waals surface area (Å²) >= 11 is 0. The summed E-state index contributed by atoms with van der Waals surface area (Å²) in [4.78, 5) is 23.6. The van der Waals surface area contributed by atoms with E-state index in [9.17, 15) is 4.79 Å². The van der Waals surface area contributed by atoms with Crippen LogP contribution in [0.2, 0.25) is 0 Å². The Hall–Kier alpha value is -3.03. The van der Waals surface area contributed by atoms with Crippen molar-refractivity contribution in [2.24, 2.45) is 0 Å². The van der Waals surface area contributed by atoms with E-state index in [0.717, 1.165) is 43.1 Å². The number of amides is 1. The number of methoxy groups -OCH3 is 2. The molecule has 2 aromatic rings. The van der Waals surface area contributed by atoms with Gasteiger partial charge in [-0.3, -0.25) is 4.79 Å². The first-order valence-corrected chi connectivity index (χ1v) is 10.2. The first-order valence-electron chi connectivity index (χ1n) is 10.2. The van der Waals surface area contributed by atoms with E-state index in [1.165, 1.54) is 0 Å². The average molecular weight is 414 g/mol. The molecule has 0 spiro atoms. The number of benzene rings is 1. The smallest absolute Gasteiger partial charge is 0.251 e. The number of aryl methyl sites for hydroxylation is 1. The minimum atomic E-state index is -0.106. The maximum atomic E-state index is 12.7. The largest absolute Gasteiger partial charge is 0.497 e. The van der Waals surface area contributed by atoms with Gasteiger partial charge in [0.25, 0.3) is 5.91 Å². The second kappa shape index (κ2) is 9.65. The van der Waals surface area contributed by atoms with Gasteiger partial charge in [0.1, 0.15) is 29.0 Å². The van der Waals surface area contributed by atoms with Gasteiger partial charge in [0, 0.05) is 43.9 Å². The molecule has 8 nitrogen and oxygen atoms in total. The van der Waals surface area contributed by atoms with E-state index in [1.807, 2.05) is 32.0 Å². The van der Waals surface area contributed by atoms with E-state index in [1.54, 1.807) is 32.4 Å². The maximum absolute atomic E-state index is 12.7. The van der Waals surface area contributed by atoms with Crippen molar-refractivity contribution in [3.63, 3.8) is 0 Å². The van der Waals surface area contributed by atoms with Crippen LogP contribution in [-0.4, -0.2) is 56.3 Å². The summed E-state index contributed by atoms with van der Waals surface area (Å²) < 4.78 is 10.5. The van der Waals surface area contributed by atoms with Gasteiger partial charge in [-0.1, -0.05) is 0 Å². The van der Waals surface area contributed by atoms with Crippen LogP contribution in [-0.2, 0) is 0 Å². The Morgan fingerprint density at radius 1 is 0.967 bits per heavy atom. The molecule has 0 aliphatic heterocycles. The van der Waals surface area contributed by atoms with Crippen molar-refractivity contribution in [3.05, 3.63) is 35.7 Å². The third-order valence-corrected chi connectivity index (χ3v) is 5.31. The standard InChI is InChI=1S/C22H31N5O3/c1-14-23-20(13-21(24-14)27(2)3)25-16-6-8-17(9-7-16)26-22(28)15-10-18(29-4)12-19(11-15)30-5/h10-13,16-17H,6-9H2,1-5H3,(H,26,28)(H,23,24,25)/t16-,17+. The summed E-state index contributed by atoms with van der Waals surface area (Å²) in [7, 11) is 7.09. The molecule has 2 N–H and O–H groups in total. The molecule has 1 saturated carbocycles. The molecule has 0 unspecified atom stereocenters. The lowest BCUT2D eigenvalue weighted by Crippen LogP contribution is -2.40. The van der Waals surface area contributed by atoms with E-state index in [0.29, 0.717) is 23.1 Å². The van der Waals surface area contributed by atoms with Crippen LogP contribution < -0.4 is 25.0 Å². The summed E-state index contributed by atoms with van der Waals surface area (Å²) in [6.07, 6.45) is 3.75. The Balaban J connectivity index is 1.55. The fraction of sp³-hybridized carbons (Fsp3) is 0.500. The summed E-state index contributed by atoms with van der Waals surface area (Å²) in [5.41, 5.74) is 0.541. The zero-order valence-corrected chi connectivity index (χ0v) is 18.4. The number of ether oxygens (including phenoxy) is 2. The monoisotopic (exact) mass is 413 g/mol. The van der Waals surface area contributed by atoms with Crippen molar-refractivity contribution in [1.29, 1.82) is 0 Å². The zero-order chi connectivity index (χ0) is 21.7. The van der Waals surface area contributed by atoms with Crippen LogP contribution in [0.15, 0.2) is 24.3 Å². The molecule has 1 aliphatic rings. The van der Waals surface area contributed by atoms with Crippen molar-refractivity contribution < 1.29 is 14.3 Å². The van der Waals surface area contributed by atoms with Crippen LogP contribution in [0.1, 0.15) is 41.9 Å². The fourth-order valence-electron chi connectivity index (χ4n) is 3.65. The molecule has 1 aliphatic carbocycles. The molecule has 0 radical (unpaired) electrons.